The summed E-state index contributed by atoms with van der Waals surface area (Å²) >= 11 is 0. The molecule has 0 bridgehead atoms. The van der Waals surface area contributed by atoms with Crippen molar-refractivity contribution in [2.24, 2.45) is 11.8 Å². The van der Waals surface area contributed by atoms with Gasteiger partial charge in [-0.25, -0.2) is 4.79 Å². The molecule has 1 amide bonds. The molecule has 26 heavy (non-hydrogen) atoms. The smallest absolute Gasteiger partial charge is 0.412 e. The van der Waals surface area contributed by atoms with Crippen molar-refractivity contribution < 1.29 is 19.1 Å². The van der Waals surface area contributed by atoms with E-state index in [0.717, 1.165) is 31.3 Å². The van der Waals surface area contributed by atoms with Gasteiger partial charge < -0.3 is 9.47 Å². The predicted molar refractivity (Wildman–Crippen MR) is 102 cm³/mol. The number of unbranched alkanes of at least 4 members (excludes halogenated alkanes) is 2. The molecular formula is C21H29NO4. The molecule has 0 aliphatic heterocycles. The van der Waals surface area contributed by atoms with Crippen molar-refractivity contribution in [3.63, 3.8) is 0 Å². The number of esters is 1. The monoisotopic (exact) mass is 359 g/mol. The first-order valence-electron chi connectivity index (χ1n) is 9.34. The van der Waals surface area contributed by atoms with Gasteiger partial charge in [-0.1, -0.05) is 50.0 Å². The average Bonchev–Trinajstić information content (AvgIpc) is 2.62. The molecule has 0 heterocycles. The van der Waals surface area contributed by atoms with Crippen molar-refractivity contribution >= 4 is 17.7 Å². The van der Waals surface area contributed by atoms with Crippen LogP contribution >= 0.6 is 0 Å². The van der Waals surface area contributed by atoms with E-state index in [2.05, 4.69) is 12.2 Å². The Labute approximate surface area is 155 Å². The Bertz CT molecular complexity index is 626. The fourth-order valence-electron chi connectivity index (χ4n) is 3.61. The van der Waals surface area contributed by atoms with Crippen LogP contribution in [0, 0.1) is 11.8 Å². The van der Waals surface area contributed by atoms with E-state index in [0.29, 0.717) is 12.1 Å². The van der Waals surface area contributed by atoms with E-state index in [-0.39, 0.29) is 23.9 Å². The molecule has 1 aromatic rings. The Kier molecular flexibility index (Phi) is 7.70. The number of carbonyl (C=O) groups excluding carboxylic acids is 2. The topological polar surface area (TPSA) is 64.6 Å². The molecule has 1 N–H and O–H groups in total. The Morgan fingerprint density at radius 1 is 1.19 bits per heavy atom. The van der Waals surface area contributed by atoms with E-state index in [4.69, 9.17) is 9.47 Å². The molecule has 1 aliphatic rings. The number of para-hydroxylation sites is 1. The third-order valence-electron chi connectivity index (χ3n) is 4.86. The highest BCUT2D eigenvalue weighted by Gasteiger charge is 2.36. The third kappa shape index (κ3) is 5.61. The number of nitrogens with one attached hydrogen (secondary N) is 1. The highest BCUT2D eigenvalue weighted by Crippen LogP contribution is 2.36. The normalized spacial score (nSPS) is 22.3. The molecule has 0 saturated heterocycles. The Balaban J connectivity index is 2.03. The van der Waals surface area contributed by atoms with Gasteiger partial charge in [0.05, 0.1) is 13.0 Å². The number of rotatable bonds is 7. The highest BCUT2D eigenvalue weighted by atomic mass is 16.6. The quantitative estimate of drug-likeness (QED) is 0.425. The van der Waals surface area contributed by atoms with Crippen LogP contribution in [0.15, 0.2) is 42.0 Å². The zero-order valence-electron chi connectivity index (χ0n) is 15.9. The number of amides is 1. The van der Waals surface area contributed by atoms with Crippen LogP contribution in [-0.2, 0) is 14.3 Å². The summed E-state index contributed by atoms with van der Waals surface area (Å²) in [5, 5.41) is 2.73. The van der Waals surface area contributed by atoms with Gasteiger partial charge in [0.15, 0.2) is 0 Å². The van der Waals surface area contributed by atoms with E-state index in [1.807, 2.05) is 43.3 Å². The predicted octanol–water partition coefficient (Wildman–Crippen LogP) is 4.94. The second-order valence-corrected chi connectivity index (χ2v) is 6.84. The zero-order valence-corrected chi connectivity index (χ0v) is 15.9. The summed E-state index contributed by atoms with van der Waals surface area (Å²) in [5.41, 5.74) is 1.61. The second-order valence-electron chi connectivity index (χ2n) is 6.84. The van der Waals surface area contributed by atoms with Crippen molar-refractivity contribution in [3.8, 4) is 0 Å². The Morgan fingerprint density at radius 3 is 2.58 bits per heavy atom. The highest BCUT2D eigenvalue weighted by molar-refractivity contribution is 5.84. The summed E-state index contributed by atoms with van der Waals surface area (Å²) in [5.74, 6) is -0.310. The fraction of sp³-hybridized carbons (Fsp3) is 0.524. The molecule has 3 atom stereocenters. The zero-order chi connectivity index (χ0) is 18.9. The fourth-order valence-corrected chi connectivity index (χ4v) is 3.61. The maximum absolute atomic E-state index is 12.2. The number of carbonyl (C=O) groups is 2. The van der Waals surface area contributed by atoms with Gasteiger partial charge in [-0.3, -0.25) is 10.1 Å². The summed E-state index contributed by atoms with van der Waals surface area (Å²) in [6.07, 6.45) is 5.96. The van der Waals surface area contributed by atoms with Crippen LogP contribution in [0.5, 0.6) is 0 Å². The number of anilines is 1. The van der Waals surface area contributed by atoms with Crippen molar-refractivity contribution in [1.29, 1.82) is 0 Å². The van der Waals surface area contributed by atoms with Crippen LogP contribution < -0.4 is 5.32 Å². The lowest BCUT2D eigenvalue weighted by Gasteiger charge is -2.33. The van der Waals surface area contributed by atoms with Crippen molar-refractivity contribution in [3.05, 3.63) is 42.0 Å². The molecule has 1 aromatic carbocycles. The number of hydrogen-bond acceptors (Lipinski definition) is 4. The first kappa shape index (κ1) is 20.0. The van der Waals surface area contributed by atoms with Crippen LogP contribution in [-0.4, -0.2) is 25.3 Å². The summed E-state index contributed by atoms with van der Waals surface area (Å²) < 4.78 is 10.6. The minimum Gasteiger partial charge on any atom is -0.469 e. The molecule has 2 rings (SSSR count). The minimum absolute atomic E-state index is 0.133. The molecular weight excluding hydrogens is 330 g/mol. The summed E-state index contributed by atoms with van der Waals surface area (Å²) in [6.45, 7) is 4.07. The number of ether oxygens (including phenoxy) is 2. The van der Waals surface area contributed by atoms with Crippen LogP contribution in [0.1, 0.15) is 46.0 Å². The second kappa shape index (κ2) is 10.00. The van der Waals surface area contributed by atoms with E-state index in [1.165, 1.54) is 7.11 Å². The Hall–Kier alpha value is -2.30. The maximum Gasteiger partial charge on any atom is 0.412 e. The summed E-state index contributed by atoms with van der Waals surface area (Å²) in [4.78, 5) is 24.4. The van der Waals surface area contributed by atoms with Gasteiger partial charge in [0, 0.05) is 5.69 Å². The van der Waals surface area contributed by atoms with Gasteiger partial charge in [0.1, 0.15) is 6.10 Å². The van der Waals surface area contributed by atoms with Crippen molar-refractivity contribution in [2.45, 2.75) is 52.1 Å². The minimum atomic E-state index is -0.478. The van der Waals surface area contributed by atoms with Gasteiger partial charge in [-0.05, 0) is 43.9 Å². The van der Waals surface area contributed by atoms with Gasteiger partial charge >= 0.3 is 12.1 Å². The number of hydrogen-bond donors (Lipinski definition) is 1. The number of methoxy groups -OCH3 is 1. The molecule has 142 valence electrons. The molecule has 5 heteroatoms. The summed E-state index contributed by atoms with van der Waals surface area (Å²) in [7, 11) is 1.43. The molecule has 0 radical (unpaired) electrons. The first-order chi connectivity index (χ1) is 12.5. The standard InChI is InChI=1S/C21H29NO4/c1-4-5-7-10-16-14-18(13-15(2)19(16)20(23)25-3)26-21(24)22-17-11-8-6-9-12-17/h6,8-9,11-13,16,18-19H,4-5,7,10,14H2,1-3H3,(H,22,24)/t16-,18-,19-/m0/s1. The van der Waals surface area contributed by atoms with Gasteiger partial charge in [0.2, 0.25) is 0 Å². The van der Waals surface area contributed by atoms with Crippen LogP contribution in [0.3, 0.4) is 0 Å². The average molecular weight is 359 g/mol. The number of benzene rings is 1. The van der Waals surface area contributed by atoms with Crippen molar-refractivity contribution in [1.82, 2.24) is 0 Å². The molecule has 0 aromatic heterocycles. The van der Waals surface area contributed by atoms with E-state index in [1.54, 1.807) is 0 Å². The van der Waals surface area contributed by atoms with Gasteiger partial charge in [0.25, 0.3) is 0 Å². The first-order valence-corrected chi connectivity index (χ1v) is 9.34. The molecule has 0 spiro atoms. The van der Waals surface area contributed by atoms with E-state index in [9.17, 15) is 9.59 Å². The van der Waals surface area contributed by atoms with E-state index >= 15 is 0 Å². The molecule has 0 saturated carbocycles. The van der Waals surface area contributed by atoms with Crippen LogP contribution in [0.4, 0.5) is 10.5 Å². The van der Waals surface area contributed by atoms with Crippen LogP contribution in [0.25, 0.3) is 0 Å². The third-order valence-corrected chi connectivity index (χ3v) is 4.86. The summed E-state index contributed by atoms with van der Waals surface area (Å²) in [6, 6.07) is 9.21. The largest absolute Gasteiger partial charge is 0.469 e. The Morgan fingerprint density at radius 2 is 1.92 bits per heavy atom. The maximum atomic E-state index is 12.2. The lowest BCUT2D eigenvalue weighted by Crippen LogP contribution is -2.35. The van der Waals surface area contributed by atoms with E-state index < -0.39 is 6.09 Å². The molecule has 0 unspecified atom stereocenters. The molecule has 5 nitrogen and oxygen atoms in total. The van der Waals surface area contributed by atoms with Gasteiger partial charge in [-0.2, -0.15) is 0 Å². The SMILES string of the molecule is CCCCC[C@H]1C[C@@H](OC(=O)Nc2ccccc2)C=C(C)[C@@H]1C(=O)OC. The molecule has 1 aliphatic carbocycles. The lowest BCUT2D eigenvalue weighted by molar-refractivity contribution is -0.146. The van der Waals surface area contributed by atoms with Crippen molar-refractivity contribution in [2.75, 3.05) is 12.4 Å². The molecule has 0 fully saturated rings. The van der Waals surface area contributed by atoms with Crippen LogP contribution in [0.2, 0.25) is 0 Å². The van der Waals surface area contributed by atoms with Gasteiger partial charge in [-0.15, -0.1) is 0 Å². The lowest BCUT2D eigenvalue weighted by atomic mass is 9.75.